The number of amides is 1. The van der Waals surface area contributed by atoms with Gasteiger partial charge in [0.1, 0.15) is 5.75 Å². The molecular formula is C20H22F3N5O3. The standard InChI is InChI=1S/C20H22F3N5O3/c21-20(22,23)31-17-3-1-2-15(12-17)19(29)28-6-4-26(5-7-28)16-13-18(25-24-14-16)27-8-10-30-11-9-27/h1-3,12-14H,4-11H2. The molecule has 0 atom stereocenters. The molecular weight excluding hydrogens is 415 g/mol. The van der Waals surface area contributed by atoms with Crippen LogP contribution in [-0.4, -0.2) is 79.8 Å². The van der Waals surface area contributed by atoms with Crippen LogP contribution in [0.1, 0.15) is 10.4 Å². The zero-order valence-electron chi connectivity index (χ0n) is 16.7. The van der Waals surface area contributed by atoms with Gasteiger partial charge >= 0.3 is 6.36 Å². The first-order valence-electron chi connectivity index (χ1n) is 9.94. The Bertz CT molecular complexity index is 913. The molecule has 2 saturated heterocycles. The largest absolute Gasteiger partial charge is 0.573 e. The molecule has 0 aliphatic carbocycles. The van der Waals surface area contributed by atoms with Crippen molar-refractivity contribution in [1.29, 1.82) is 0 Å². The number of benzene rings is 1. The topological polar surface area (TPSA) is 71.0 Å². The lowest BCUT2D eigenvalue weighted by molar-refractivity contribution is -0.274. The highest BCUT2D eigenvalue weighted by atomic mass is 19.4. The quantitative estimate of drug-likeness (QED) is 0.726. The molecule has 0 saturated carbocycles. The molecule has 1 aromatic heterocycles. The van der Waals surface area contributed by atoms with Crippen molar-refractivity contribution in [1.82, 2.24) is 15.1 Å². The number of piperazine rings is 1. The summed E-state index contributed by atoms with van der Waals surface area (Å²) in [7, 11) is 0. The average molecular weight is 437 g/mol. The number of nitrogens with zero attached hydrogens (tertiary/aromatic N) is 5. The number of aromatic nitrogens is 2. The van der Waals surface area contributed by atoms with E-state index in [9.17, 15) is 18.0 Å². The number of carbonyl (C=O) groups is 1. The van der Waals surface area contributed by atoms with E-state index in [-0.39, 0.29) is 11.5 Å². The number of ether oxygens (including phenoxy) is 2. The third-order valence-corrected chi connectivity index (χ3v) is 5.21. The van der Waals surface area contributed by atoms with Gasteiger partial charge in [0, 0.05) is 50.9 Å². The second-order valence-corrected chi connectivity index (χ2v) is 7.23. The van der Waals surface area contributed by atoms with Crippen LogP contribution in [0.15, 0.2) is 36.5 Å². The first-order valence-corrected chi connectivity index (χ1v) is 9.94. The van der Waals surface area contributed by atoms with Gasteiger partial charge in [0.25, 0.3) is 5.91 Å². The summed E-state index contributed by atoms with van der Waals surface area (Å²) in [5, 5.41) is 8.33. The highest BCUT2D eigenvalue weighted by Crippen LogP contribution is 2.25. The van der Waals surface area contributed by atoms with Crippen LogP contribution in [0.5, 0.6) is 5.75 Å². The van der Waals surface area contributed by atoms with Crippen molar-refractivity contribution in [2.24, 2.45) is 0 Å². The Hall–Kier alpha value is -3.08. The normalized spacial score (nSPS) is 17.6. The molecule has 8 nitrogen and oxygen atoms in total. The van der Waals surface area contributed by atoms with Crippen LogP contribution < -0.4 is 14.5 Å². The first-order chi connectivity index (χ1) is 14.9. The van der Waals surface area contributed by atoms with E-state index in [1.165, 1.54) is 18.2 Å². The Labute approximate surface area is 177 Å². The summed E-state index contributed by atoms with van der Waals surface area (Å²) in [6.45, 7) is 4.88. The van der Waals surface area contributed by atoms with Crippen molar-refractivity contribution in [2.75, 3.05) is 62.3 Å². The average Bonchev–Trinajstić information content (AvgIpc) is 2.78. The molecule has 31 heavy (non-hydrogen) atoms. The van der Waals surface area contributed by atoms with Crippen LogP contribution in [0.25, 0.3) is 0 Å². The third kappa shape index (κ3) is 5.35. The van der Waals surface area contributed by atoms with E-state index < -0.39 is 12.1 Å². The second kappa shape index (κ2) is 8.96. The smallest absolute Gasteiger partial charge is 0.406 e. The van der Waals surface area contributed by atoms with Gasteiger partial charge in [0.2, 0.25) is 0 Å². The third-order valence-electron chi connectivity index (χ3n) is 5.21. The van der Waals surface area contributed by atoms with Crippen LogP contribution in [-0.2, 0) is 4.74 Å². The summed E-state index contributed by atoms with van der Waals surface area (Å²) >= 11 is 0. The van der Waals surface area contributed by atoms with E-state index in [1.807, 2.05) is 6.07 Å². The fourth-order valence-electron chi connectivity index (χ4n) is 3.64. The molecule has 166 valence electrons. The van der Waals surface area contributed by atoms with E-state index in [4.69, 9.17) is 4.74 Å². The van der Waals surface area contributed by atoms with E-state index in [1.54, 1.807) is 11.1 Å². The summed E-state index contributed by atoms with van der Waals surface area (Å²) in [6, 6.07) is 7.13. The number of hydrogen-bond acceptors (Lipinski definition) is 7. The SMILES string of the molecule is O=C(c1cccc(OC(F)(F)F)c1)N1CCN(c2cnnc(N3CCOCC3)c2)CC1. The summed E-state index contributed by atoms with van der Waals surface area (Å²) in [5.41, 5.74) is 1.08. The zero-order valence-corrected chi connectivity index (χ0v) is 16.7. The Morgan fingerprint density at radius 1 is 1.00 bits per heavy atom. The van der Waals surface area contributed by atoms with Crippen LogP contribution in [0, 0.1) is 0 Å². The van der Waals surface area contributed by atoms with Gasteiger partial charge in [0.15, 0.2) is 5.82 Å². The Balaban J connectivity index is 1.38. The van der Waals surface area contributed by atoms with Crippen molar-refractivity contribution in [2.45, 2.75) is 6.36 Å². The fourth-order valence-corrected chi connectivity index (χ4v) is 3.64. The van der Waals surface area contributed by atoms with Gasteiger partial charge in [-0.25, -0.2) is 0 Å². The molecule has 1 amide bonds. The molecule has 0 unspecified atom stereocenters. The number of halogens is 3. The van der Waals surface area contributed by atoms with E-state index in [0.29, 0.717) is 39.4 Å². The van der Waals surface area contributed by atoms with Crippen LogP contribution >= 0.6 is 0 Å². The highest BCUT2D eigenvalue weighted by Gasteiger charge is 2.31. The maximum Gasteiger partial charge on any atom is 0.573 e. The van der Waals surface area contributed by atoms with Crippen LogP contribution in [0.4, 0.5) is 24.7 Å². The maximum absolute atomic E-state index is 12.8. The van der Waals surface area contributed by atoms with Gasteiger partial charge in [-0.05, 0) is 18.2 Å². The van der Waals surface area contributed by atoms with Gasteiger partial charge in [-0.1, -0.05) is 6.07 Å². The molecule has 2 fully saturated rings. The van der Waals surface area contributed by atoms with Crippen molar-refractivity contribution in [3.05, 3.63) is 42.1 Å². The first kappa shape index (κ1) is 21.2. The Morgan fingerprint density at radius 3 is 2.45 bits per heavy atom. The van der Waals surface area contributed by atoms with Crippen molar-refractivity contribution >= 4 is 17.4 Å². The van der Waals surface area contributed by atoms with Crippen molar-refractivity contribution in [3.63, 3.8) is 0 Å². The number of rotatable bonds is 4. The minimum Gasteiger partial charge on any atom is -0.406 e. The van der Waals surface area contributed by atoms with Crippen LogP contribution in [0.3, 0.4) is 0 Å². The lowest BCUT2D eigenvalue weighted by Gasteiger charge is -2.36. The molecule has 0 spiro atoms. The molecule has 11 heteroatoms. The molecule has 0 N–H and O–H groups in total. The minimum absolute atomic E-state index is 0.162. The predicted molar refractivity (Wildman–Crippen MR) is 106 cm³/mol. The lowest BCUT2D eigenvalue weighted by Crippen LogP contribution is -2.49. The minimum atomic E-state index is -4.80. The molecule has 2 aliphatic rings. The van der Waals surface area contributed by atoms with Crippen molar-refractivity contribution < 1.29 is 27.4 Å². The van der Waals surface area contributed by atoms with Gasteiger partial charge in [-0.3, -0.25) is 4.79 Å². The number of alkyl halides is 3. The molecule has 2 aliphatic heterocycles. The summed E-state index contributed by atoms with van der Waals surface area (Å²) < 4.78 is 46.6. The molecule has 1 aromatic carbocycles. The van der Waals surface area contributed by atoms with Crippen molar-refractivity contribution in [3.8, 4) is 5.75 Å². The number of carbonyl (C=O) groups excluding carboxylic acids is 1. The van der Waals surface area contributed by atoms with Gasteiger partial charge in [0.05, 0.1) is 25.1 Å². The number of morpholine rings is 1. The Kier molecular flexibility index (Phi) is 6.12. The number of hydrogen-bond donors (Lipinski definition) is 0. The predicted octanol–water partition coefficient (Wildman–Crippen LogP) is 2.17. The summed E-state index contributed by atoms with van der Waals surface area (Å²) in [4.78, 5) is 18.6. The molecule has 4 rings (SSSR count). The Morgan fingerprint density at radius 2 is 1.74 bits per heavy atom. The fraction of sp³-hybridized carbons (Fsp3) is 0.450. The zero-order chi connectivity index (χ0) is 21.8. The van der Waals surface area contributed by atoms with E-state index in [0.717, 1.165) is 30.7 Å². The van der Waals surface area contributed by atoms with E-state index in [2.05, 4.69) is 24.7 Å². The molecule has 2 aromatic rings. The van der Waals surface area contributed by atoms with E-state index >= 15 is 0 Å². The summed E-state index contributed by atoms with van der Waals surface area (Å²) in [6.07, 6.45) is -3.11. The maximum atomic E-state index is 12.8. The van der Waals surface area contributed by atoms with Gasteiger partial charge in [-0.2, -0.15) is 5.10 Å². The molecule has 0 radical (unpaired) electrons. The van der Waals surface area contributed by atoms with Gasteiger partial charge < -0.3 is 24.2 Å². The second-order valence-electron chi connectivity index (χ2n) is 7.23. The number of anilines is 2. The molecule has 3 heterocycles. The lowest BCUT2D eigenvalue weighted by atomic mass is 10.1. The van der Waals surface area contributed by atoms with Crippen LogP contribution in [0.2, 0.25) is 0 Å². The monoisotopic (exact) mass is 437 g/mol. The highest BCUT2D eigenvalue weighted by molar-refractivity contribution is 5.94. The summed E-state index contributed by atoms with van der Waals surface area (Å²) in [5.74, 6) is 0.0606. The van der Waals surface area contributed by atoms with Gasteiger partial charge in [-0.15, -0.1) is 18.3 Å². The molecule has 0 bridgehead atoms.